The van der Waals surface area contributed by atoms with Gasteiger partial charge in [-0.1, -0.05) is 6.92 Å². The van der Waals surface area contributed by atoms with Crippen LogP contribution in [0.5, 0.6) is 0 Å². The third kappa shape index (κ3) is 5.72. The Kier molecular flexibility index (Phi) is 7.79. The number of ether oxygens (including phenoxy) is 1. The van der Waals surface area contributed by atoms with E-state index >= 15 is 0 Å². The van der Waals surface area contributed by atoms with Crippen molar-refractivity contribution in [1.29, 1.82) is 10.5 Å². The molecule has 0 aliphatic carbocycles. The molecule has 1 amide bonds. The van der Waals surface area contributed by atoms with E-state index in [1.165, 1.54) is 16.2 Å². The summed E-state index contributed by atoms with van der Waals surface area (Å²) < 4.78 is 5.06. The molecule has 1 aromatic rings. The molecule has 0 aliphatic rings. The van der Waals surface area contributed by atoms with Crippen molar-refractivity contribution >= 4 is 23.2 Å². The topological polar surface area (TPSA) is 94.2 Å². The van der Waals surface area contributed by atoms with Gasteiger partial charge >= 0.3 is 5.97 Å². The molecule has 1 heterocycles. The smallest absolute Gasteiger partial charge is 0.348 e. The summed E-state index contributed by atoms with van der Waals surface area (Å²) in [6.07, 6.45) is 1.20. The highest BCUT2D eigenvalue weighted by molar-refractivity contribution is 7.14. The first-order valence-corrected chi connectivity index (χ1v) is 8.13. The van der Waals surface area contributed by atoms with Crippen LogP contribution in [0, 0.1) is 29.6 Å². The Morgan fingerprint density at radius 1 is 1.26 bits per heavy atom. The lowest BCUT2D eigenvalue weighted by Gasteiger charge is -2.19. The molecule has 0 fully saturated rings. The van der Waals surface area contributed by atoms with Crippen LogP contribution < -0.4 is 0 Å². The summed E-state index contributed by atoms with van der Waals surface area (Å²) in [7, 11) is 0. The molecule has 0 radical (unpaired) electrons. The highest BCUT2D eigenvalue weighted by Gasteiger charge is 2.18. The van der Waals surface area contributed by atoms with Crippen molar-refractivity contribution in [3.63, 3.8) is 0 Å². The number of thiophene rings is 1. The second-order valence-electron chi connectivity index (χ2n) is 4.84. The zero-order valence-electron chi connectivity index (χ0n) is 13.3. The summed E-state index contributed by atoms with van der Waals surface area (Å²) >= 11 is 1.37. The van der Waals surface area contributed by atoms with Gasteiger partial charge in [-0.15, -0.1) is 11.3 Å². The third-order valence-corrected chi connectivity index (χ3v) is 4.57. The molecule has 0 bridgehead atoms. The minimum atomic E-state index is -0.522. The summed E-state index contributed by atoms with van der Waals surface area (Å²) in [5, 5.41) is 17.2. The number of hydrogen-bond acceptors (Lipinski definition) is 6. The van der Waals surface area contributed by atoms with Crippen LogP contribution in [0.4, 0.5) is 0 Å². The Morgan fingerprint density at radius 2 is 1.87 bits per heavy atom. The Balaban J connectivity index is 2.59. The average Bonchev–Trinajstić information content (AvgIpc) is 2.93. The number of rotatable bonds is 8. The first-order valence-electron chi connectivity index (χ1n) is 7.31. The lowest BCUT2D eigenvalue weighted by molar-refractivity contribution is -0.134. The average molecular weight is 333 g/mol. The van der Waals surface area contributed by atoms with Crippen molar-refractivity contribution in [2.24, 2.45) is 0 Å². The van der Waals surface area contributed by atoms with Gasteiger partial charge in [0, 0.05) is 18.0 Å². The van der Waals surface area contributed by atoms with Crippen molar-refractivity contribution in [1.82, 2.24) is 4.90 Å². The molecule has 0 aromatic carbocycles. The van der Waals surface area contributed by atoms with Gasteiger partial charge in [-0.05, 0) is 25.0 Å². The van der Waals surface area contributed by atoms with E-state index in [-0.39, 0.29) is 32.5 Å². The number of nitrogens with zero attached hydrogens (tertiary/aromatic N) is 3. The van der Waals surface area contributed by atoms with E-state index in [4.69, 9.17) is 15.3 Å². The Bertz CT molecular complexity index is 622. The normalized spacial score (nSPS) is 9.74. The summed E-state index contributed by atoms with van der Waals surface area (Å²) in [4.78, 5) is 27.0. The fourth-order valence-corrected chi connectivity index (χ4v) is 3.00. The van der Waals surface area contributed by atoms with Gasteiger partial charge in [-0.2, -0.15) is 10.5 Å². The van der Waals surface area contributed by atoms with Gasteiger partial charge in [0.05, 0.1) is 25.0 Å². The number of esters is 1. The number of carbonyl (C=O) groups is 2. The summed E-state index contributed by atoms with van der Waals surface area (Å²) in [6, 6.07) is 5.67. The van der Waals surface area contributed by atoms with E-state index in [1.807, 2.05) is 26.0 Å². The maximum absolute atomic E-state index is 12.1. The zero-order chi connectivity index (χ0) is 17.2. The van der Waals surface area contributed by atoms with Gasteiger partial charge in [0.1, 0.15) is 4.88 Å². The second-order valence-corrected chi connectivity index (χ2v) is 5.98. The van der Waals surface area contributed by atoms with Gasteiger partial charge in [-0.25, -0.2) is 4.79 Å². The molecule has 6 nitrogen and oxygen atoms in total. The number of nitriles is 2. The van der Waals surface area contributed by atoms with E-state index in [0.29, 0.717) is 4.88 Å². The molecule has 23 heavy (non-hydrogen) atoms. The van der Waals surface area contributed by atoms with Crippen LogP contribution >= 0.6 is 11.3 Å². The first-order chi connectivity index (χ1) is 11.0. The van der Waals surface area contributed by atoms with Crippen LogP contribution in [0.1, 0.15) is 39.9 Å². The third-order valence-electron chi connectivity index (χ3n) is 3.21. The van der Waals surface area contributed by atoms with E-state index in [0.717, 1.165) is 16.9 Å². The number of hydrogen-bond donors (Lipinski definition) is 0. The SMILES string of the molecule is CCc1sc(C(=O)OCC(=O)N(CCC#N)CCC#N)cc1C. The van der Waals surface area contributed by atoms with E-state index in [1.54, 1.807) is 6.07 Å². The minimum Gasteiger partial charge on any atom is -0.451 e. The highest BCUT2D eigenvalue weighted by atomic mass is 32.1. The molecule has 0 N–H and O–H groups in total. The van der Waals surface area contributed by atoms with Gasteiger partial charge < -0.3 is 9.64 Å². The predicted octanol–water partition coefficient (Wildman–Crippen LogP) is 2.43. The standard InChI is InChI=1S/C16H19N3O3S/c1-3-13-12(2)10-14(23-13)16(21)22-11-15(20)19(8-4-6-17)9-5-7-18/h10H,3-5,8-9,11H2,1-2H3. The van der Waals surface area contributed by atoms with E-state index in [9.17, 15) is 9.59 Å². The lowest BCUT2D eigenvalue weighted by Crippen LogP contribution is -2.36. The molecule has 0 saturated carbocycles. The quantitative estimate of drug-likeness (QED) is 0.681. The Hall–Kier alpha value is -2.38. The molecular formula is C16H19N3O3S. The van der Waals surface area contributed by atoms with Crippen molar-refractivity contribution in [2.75, 3.05) is 19.7 Å². The van der Waals surface area contributed by atoms with Gasteiger partial charge in [0.2, 0.25) is 0 Å². The van der Waals surface area contributed by atoms with Crippen molar-refractivity contribution in [2.45, 2.75) is 33.1 Å². The number of carbonyl (C=O) groups excluding carboxylic acids is 2. The zero-order valence-corrected chi connectivity index (χ0v) is 14.1. The molecule has 7 heteroatoms. The predicted molar refractivity (Wildman–Crippen MR) is 85.8 cm³/mol. The van der Waals surface area contributed by atoms with E-state index in [2.05, 4.69) is 0 Å². The van der Waals surface area contributed by atoms with E-state index < -0.39 is 11.9 Å². The molecule has 122 valence electrons. The van der Waals surface area contributed by atoms with Crippen LogP contribution in [-0.2, 0) is 16.0 Å². The monoisotopic (exact) mass is 333 g/mol. The molecule has 1 aromatic heterocycles. The summed E-state index contributed by atoms with van der Waals surface area (Å²) in [5.41, 5.74) is 1.04. The van der Waals surface area contributed by atoms with Gasteiger partial charge in [0.25, 0.3) is 5.91 Å². The van der Waals surface area contributed by atoms with Crippen LogP contribution in [0.2, 0.25) is 0 Å². The van der Waals surface area contributed by atoms with Crippen LogP contribution in [0.3, 0.4) is 0 Å². The maximum atomic E-state index is 12.1. The molecular weight excluding hydrogens is 314 g/mol. The minimum absolute atomic E-state index is 0.176. The molecule has 0 atom stereocenters. The molecule has 1 rings (SSSR count). The molecule has 0 aliphatic heterocycles. The highest BCUT2D eigenvalue weighted by Crippen LogP contribution is 2.23. The fraction of sp³-hybridized carbons (Fsp3) is 0.500. The van der Waals surface area contributed by atoms with Gasteiger partial charge in [0.15, 0.2) is 6.61 Å². The Labute approximate surface area is 139 Å². The summed E-state index contributed by atoms with van der Waals surface area (Å²) in [6.45, 7) is 4.02. The maximum Gasteiger partial charge on any atom is 0.348 e. The number of amides is 1. The largest absolute Gasteiger partial charge is 0.451 e. The second kappa shape index (κ2) is 9.60. The number of aryl methyl sites for hydroxylation is 2. The lowest BCUT2D eigenvalue weighted by atomic mass is 10.2. The van der Waals surface area contributed by atoms with Crippen molar-refractivity contribution in [3.8, 4) is 12.1 Å². The van der Waals surface area contributed by atoms with Crippen molar-refractivity contribution < 1.29 is 14.3 Å². The van der Waals surface area contributed by atoms with Crippen LogP contribution in [0.15, 0.2) is 6.07 Å². The van der Waals surface area contributed by atoms with Gasteiger partial charge in [-0.3, -0.25) is 4.79 Å². The fourth-order valence-electron chi connectivity index (χ4n) is 1.99. The van der Waals surface area contributed by atoms with Crippen molar-refractivity contribution in [3.05, 3.63) is 21.4 Å². The first kappa shape index (κ1) is 18.7. The molecule has 0 saturated heterocycles. The summed E-state index contributed by atoms with van der Waals surface area (Å²) in [5.74, 6) is -0.917. The van der Waals surface area contributed by atoms with Crippen LogP contribution in [0.25, 0.3) is 0 Å². The van der Waals surface area contributed by atoms with Crippen LogP contribution in [-0.4, -0.2) is 36.5 Å². The Morgan fingerprint density at radius 3 is 2.35 bits per heavy atom. The molecule has 0 spiro atoms. The molecule has 0 unspecified atom stereocenters.